The molecule has 37 heavy (non-hydrogen) atoms. The van der Waals surface area contributed by atoms with Gasteiger partial charge in [0.05, 0.1) is 5.69 Å². The van der Waals surface area contributed by atoms with Crippen LogP contribution in [0.25, 0.3) is 0 Å². The molecule has 1 N–H and O–H groups in total. The predicted octanol–water partition coefficient (Wildman–Crippen LogP) is 8.14. The Labute approximate surface area is 209 Å². The SMILES string of the molecule is Cn1cc(CCCCCCCCCCNc2ccc(F)cc2OC(F)(F)C(F)C(F)(F)F)c(C(F)F)n1. The maximum Gasteiger partial charge on any atom is 0.439 e. The third-order valence-electron chi connectivity index (χ3n) is 5.60. The van der Waals surface area contributed by atoms with Crippen molar-refractivity contribution in [2.45, 2.75) is 82.7 Å². The summed E-state index contributed by atoms with van der Waals surface area (Å²) in [6, 6.07) is 2.39. The van der Waals surface area contributed by atoms with Gasteiger partial charge in [0.25, 0.3) is 12.6 Å². The van der Waals surface area contributed by atoms with Crippen LogP contribution in [0.4, 0.5) is 45.2 Å². The van der Waals surface area contributed by atoms with E-state index in [-0.39, 0.29) is 17.9 Å². The van der Waals surface area contributed by atoms with Crippen molar-refractivity contribution < 1.29 is 44.3 Å². The van der Waals surface area contributed by atoms with Crippen molar-refractivity contribution >= 4 is 5.69 Å². The summed E-state index contributed by atoms with van der Waals surface area (Å²) in [5.41, 5.74) is 0.212. The number of aromatic nitrogens is 2. The Balaban J connectivity index is 1.64. The molecule has 4 nitrogen and oxygen atoms in total. The van der Waals surface area contributed by atoms with E-state index in [1.54, 1.807) is 13.2 Å². The van der Waals surface area contributed by atoms with Gasteiger partial charge in [0.1, 0.15) is 11.5 Å². The highest BCUT2D eigenvalue weighted by atomic mass is 19.4. The maximum absolute atomic E-state index is 13.6. The molecule has 0 spiro atoms. The topological polar surface area (TPSA) is 39.1 Å². The molecule has 1 aromatic heterocycles. The molecular weight excluding hydrogens is 517 g/mol. The molecule has 0 aliphatic carbocycles. The quantitative estimate of drug-likeness (QED) is 0.170. The van der Waals surface area contributed by atoms with Gasteiger partial charge in [0.15, 0.2) is 5.75 Å². The summed E-state index contributed by atoms with van der Waals surface area (Å²) in [6.45, 7) is 0.253. The van der Waals surface area contributed by atoms with Crippen LogP contribution in [0.2, 0.25) is 0 Å². The van der Waals surface area contributed by atoms with Crippen LogP contribution in [0, 0.1) is 5.82 Å². The standard InChI is InChI=1S/C24H30F9N3O/c1-36-15-16(20(35-36)21(26)27)10-8-6-4-2-3-5-7-9-13-34-18-12-11-17(25)14-19(18)37-24(32,33)22(28)23(29,30)31/h11-12,14-15,21-22,34H,2-10,13H2,1H3. The molecule has 0 saturated carbocycles. The van der Waals surface area contributed by atoms with Crippen LogP contribution in [0.1, 0.15) is 69.0 Å². The second-order valence-electron chi connectivity index (χ2n) is 8.73. The molecule has 0 fully saturated rings. The molecule has 1 aromatic carbocycles. The van der Waals surface area contributed by atoms with Crippen molar-refractivity contribution in [1.29, 1.82) is 0 Å². The molecule has 0 bridgehead atoms. The fraction of sp³-hybridized carbons (Fsp3) is 0.625. The van der Waals surface area contributed by atoms with Gasteiger partial charge >= 0.3 is 12.3 Å². The number of nitrogens with one attached hydrogen (secondary N) is 1. The fourth-order valence-electron chi connectivity index (χ4n) is 3.77. The highest BCUT2D eigenvalue weighted by molar-refractivity contribution is 5.56. The summed E-state index contributed by atoms with van der Waals surface area (Å²) >= 11 is 0. The predicted molar refractivity (Wildman–Crippen MR) is 120 cm³/mol. The van der Waals surface area contributed by atoms with E-state index < -0.39 is 36.4 Å². The second kappa shape index (κ2) is 13.8. The molecule has 2 aromatic rings. The lowest BCUT2D eigenvalue weighted by molar-refractivity contribution is -0.304. The molecule has 0 aliphatic rings. The van der Waals surface area contributed by atoms with Crippen molar-refractivity contribution in [3.8, 4) is 5.75 Å². The van der Waals surface area contributed by atoms with E-state index in [4.69, 9.17) is 0 Å². The molecule has 0 saturated heterocycles. The summed E-state index contributed by atoms with van der Waals surface area (Å²) < 4.78 is 122. The van der Waals surface area contributed by atoms with E-state index in [9.17, 15) is 39.5 Å². The molecule has 0 aliphatic heterocycles. The van der Waals surface area contributed by atoms with E-state index in [1.165, 1.54) is 4.68 Å². The number of halogens is 9. The summed E-state index contributed by atoms with van der Waals surface area (Å²) in [5, 5.41) is 6.48. The average molecular weight is 548 g/mol. The van der Waals surface area contributed by atoms with E-state index in [0.717, 1.165) is 57.1 Å². The van der Waals surface area contributed by atoms with Crippen LogP contribution in [0.15, 0.2) is 24.4 Å². The van der Waals surface area contributed by atoms with Gasteiger partial charge in [-0.25, -0.2) is 17.6 Å². The molecular formula is C24H30F9N3O. The minimum Gasteiger partial charge on any atom is -0.428 e. The highest BCUT2D eigenvalue weighted by Gasteiger charge is 2.59. The Kier molecular flexibility index (Phi) is 11.4. The highest BCUT2D eigenvalue weighted by Crippen LogP contribution is 2.38. The number of benzene rings is 1. The second-order valence-corrected chi connectivity index (χ2v) is 8.73. The average Bonchev–Trinajstić information content (AvgIpc) is 3.18. The zero-order valence-corrected chi connectivity index (χ0v) is 20.2. The Morgan fingerprint density at radius 1 is 0.919 bits per heavy atom. The van der Waals surface area contributed by atoms with Gasteiger partial charge in [-0.05, 0) is 37.0 Å². The number of hydrogen-bond donors (Lipinski definition) is 1. The van der Waals surface area contributed by atoms with E-state index in [2.05, 4.69) is 15.2 Å². The van der Waals surface area contributed by atoms with Gasteiger partial charge < -0.3 is 10.1 Å². The van der Waals surface area contributed by atoms with Crippen LogP contribution in [-0.4, -0.2) is 34.8 Å². The van der Waals surface area contributed by atoms with Gasteiger partial charge in [-0.2, -0.15) is 27.1 Å². The third kappa shape index (κ3) is 9.99. The smallest absolute Gasteiger partial charge is 0.428 e. The molecule has 1 atom stereocenters. The van der Waals surface area contributed by atoms with Crippen LogP contribution in [0.5, 0.6) is 5.75 Å². The van der Waals surface area contributed by atoms with Crippen molar-refractivity contribution in [2.24, 2.45) is 7.05 Å². The number of ether oxygens (including phenoxy) is 1. The molecule has 0 amide bonds. The number of rotatable bonds is 16. The zero-order chi connectivity index (χ0) is 27.6. The lowest BCUT2D eigenvalue weighted by atomic mass is 10.0. The largest absolute Gasteiger partial charge is 0.439 e. The summed E-state index contributed by atoms with van der Waals surface area (Å²) in [7, 11) is 1.61. The molecule has 1 unspecified atom stereocenters. The van der Waals surface area contributed by atoms with Crippen molar-refractivity contribution in [3.63, 3.8) is 0 Å². The van der Waals surface area contributed by atoms with Crippen molar-refractivity contribution in [3.05, 3.63) is 41.5 Å². The minimum absolute atomic E-state index is 0.169. The first-order chi connectivity index (χ1) is 17.3. The normalized spacial score (nSPS) is 13.3. The van der Waals surface area contributed by atoms with Crippen molar-refractivity contribution in [2.75, 3.05) is 11.9 Å². The van der Waals surface area contributed by atoms with Gasteiger partial charge in [0.2, 0.25) is 0 Å². The molecule has 13 heteroatoms. The van der Waals surface area contributed by atoms with Crippen LogP contribution in [-0.2, 0) is 13.5 Å². The monoisotopic (exact) mass is 547 g/mol. The van der Waals surface area contributed by atoms with Gasteiger partial charge in [-0.15, -0.1) is 0 Å². The minimum atomic E-state index is -5.85. The molecule has 1 heterocycles. The van der Waals surface area contributed by atoms with Crippen LogP contribution < -0.4 is 10.1 Å². The van der Waals surface area contributed by atoms with Crippen LogP contribution >= 0.6 is 0 Å². The van der Waals surface area contributed by atoms with Gasteiger partial charge in [0, 0.05) is 25.9 Å². The first kappa shape index (κ1) is 30.6. The zero-order valence-electron chi connectivity index (χ0n) is 20.2. The number of alkyl halides is 8. The number of unbranched alkanes of at least 4 members (excludes halogenated alkanes) is 7. The number of aryl methyl sites for hydroxylation is 2. The number of nitrogens with zero attached hydrogens (tertiary/aromatic N) is 2. The summed E-state index contributed by atoms with van der Waals surface area (Å²) in [5.74, 6) is -1.96. The van der Waals surface area contributed by atoms with E-state index in [1.807, 2.05) is 0 Å². The first-order valence-corrected chi connectivity index (χ1v) is 11.9. The Morgan fingerprint density at radius 2 is 1.51 bits per heavy atom. The summed E-state index contributed by atoms with van der Waals surface area (Å²) in [6.07, 6.45) is -9.33. The fourth-order valence-corrected chi connectivity index (χ4v) is 3.77. The summed E-state index contributed by atoms with van der Waals surface area (Å²) in [4.78, 5) is 0. The number of hydrogen-bond acceptors (Lipinski definition) is 3. The molecule has 210 valence electrons. The van der Waals surface area contributed by atoms with Crippen molar-refractivity contribution in [1.82, 2.24) is 9.78 Å². The Hall–Kier alpha value is -2.60. The van der Waals surface area contributed by atoms with Crippen LogP contribution in [0.3, 0.4) is 0 Å². The van der Waals surface area contributed by atoms with E-state index in [0.29, 0.717) is 24.5 Å². The first-order valence-electron chi connectivity index (χ1n) is 11.9. The maximum atomic E-state index is 13.6. The third-order valence-corrected chi connectivity index (χ3v) is 5.60. The Bertz CT molecular complexity index is 963. The van der Waals surface area contributed by atoms with Gasteiger partial charge in [-0.1, -0.05) is 38.5 Å². The lowest BCUT2D eigenvalue weighted by Crippen LogP contribution is -2.45. The van der Waals surface area contributed by atoms with Gasteiger partial charge in [-0.3, -0.25) is 4.68 Å². The van der Waals surface area contributed by atoms with E-state index >= 15 is 0 Å². The number of anilines is 1. The molecule has 0 radical (unpaired) electrons. The Morgan fingerprint density at radius 3 is 2.11 bits per heavy atom. The lowest BCUT2D eigenvalue weighted by Gasteiger charge is -2.24. The molecule has 2 rings (SSSR count).